The van der Waals surface area contributed by atoms with E-state index in [0.29, 0.717) is 31.1 Å². The first-order valence-electron chi connectivity index (χ1n) is 9.04. The zero-order valence-corrected chi connectivity index (χ0v) is 16.3. The molecule has 1 amide bonds. The summed E-state index contributed by atoms with van der Waals surface area (Å²) in [5.41, 5.74) is 2.88. The second kappa shape index (κ2) is 8.98. The van der Waals surface area contributed by atoms with Gasteiger partial charge in [0, 0.05) is 24.8 Å². The van der Waals surface area contributed by atoms with Crippen LogP contribution in [0.5, 0.6) is 5.75 Å². The highest BCUT2D eigenvalue weighted by atomic mass is 16.5. The van der Waals surface area contributed by atoms with Crippen molar-refractivity contribution < 1.29 is 9.53 Å². The number of aromatic nitrogens is 4. The summed E-state index contributed by atoms with van der Waals surface area (Å²) >= 11 is 0. The number of amides is 1. The molecule has 0 saturated heterocycles. The van der Waals surface area contributed by atoms with E-state index in [1.165, 1.54) is 6.33 Å². The molecule has 28 heavy (non-hydrogen) atoms. The highest BCUT2D eigenvalue weighted by Gasteiger charge is 2.07. The molecule has 146 valence electrons. The molecule has 2 heterocycles. The van der Waals surface area contributed by atoms with Crippen molar-refractivity contribution in [1.82, 2.24) is 25.1 Å². The van der Waals surface area contributed by atoms with Crippen LogP contribution in [0.1, 0.15) is 17.0 Å². The van der Waals surface area contributed by atoms with Gasteiger partial charge < -0.3 is 15.4 Å². The van der Waals surface area contributed by atoms with E-state index in [9.17, 15) is 4.79 Å². The summed E-state index contributed by atoms with van der Waals surface area (Å²) in [5.74, 6) is 2.13. The number of methoxy groups -OCH3 is 1. The number of benzene rings is 1. The lowest BCUT2D eigenvalue weighted by atomic mass is 10.1. The number of hydrogen-bond acceptors (Lipinski definition) is 6. The van der Waals surface area contributed by atoms with Gasteiger partial charge in [-0.25, -0.2) is 14.6 Å². The van der Waals surface area contributed by atoms with Crippen LogP contribution in [0.4, 0.5) is 5.82 Å². The van der Waals surface area contributed by atoms with Crippen LogP contribution in [0.2, 0.25) is 0 Å². The van der Waals surface area contributed by atoms with Crippen molar-refractivity contribution in [3.63, 3.8) is 0 Å². The molecule has 0 fully saturated rings. The maximum atomic E-state index is 12.0. The molecule has 2 N–H and O–H groups in total. The van der Waals surface area contributed by atoms with Crippen molar-refractivity contribution in [1.29, 1.82) is 0 Å². The predicted molar refractivity (Wildman–Crippen MR) is 107 cm³/mol. The van der Waals surface area contributed by atoms with Gasteiger partial charge in [-0.15, -0.1) is 0 Å². The molecular formula is C20H24N6O2. The number of carbonyl (C=O) groups excluding carboxylic acids is 1. The number of hydrogen-bond donors (Lipinski definition) is 2. The lowest BCUT2D eigenvalue weighted by molar-refractivity contribution is -0.120. The van der Waals surface area contributed by atoms with Gasteiger partial charge in [0.2, 0.25) is 5.91 Å². The average Bonchev–Trinajstić information content (AvgIpc) is 3.04. The first-order valence-corrected chi connectivity index (χ1v) is 9.04. The predicted octanol–water partition coefficient (Wildman–Crippen LogP) is 2.06. The molecule has 0 aliphatic carbocycles. The summed E-state index contributed by atoms with van der Waals surface area (Å²) in [7, 11) is 1.62. The van der Waals surface area contributed by atoms with E-state index < -0.39 is 0 Å². The first kappa shape index (κ1) is 19.3. The summed E-state index contributed by atoms with van der Waals surface area (Å²) in [5, 5.41) is 10.5. The van der Waals surface area contributed by atoms with Crippen molar-refractivity contribution >= 4 is 11.7 Å². The van der Waals surface area contributed by atoms with Gasteiger partial charge in [0.1, 0.15) is 17.9 Å². The van der Waals surface area contributed by atoms with Crippen molar-refractivity contribution in [3.8, 4) is 11.6 Å². The van der Waals surface area contributed by atoms with E-state index >= 15 is 0 Å². The number of nitrogens with zero attached hydrogens (tertiary/aromatic N) is 4. The Kier molecular flexibility index (Phi) is 6.21. The van der Waals surface area contributed by atoms with Crippen LogP contribution in [-0.2, 0) is 11.2 Å². The van der Waals surface area contributed by atoms with Gasteiger partial charge in [-0.2, -0.15) is 5.10 Å². The Morgan fingerprint density at radius 2 is 1.89 bits per heavy atom. The van der Waals surface area contributed by atoms with Crippen molar-refractivity contribution in [2.75, 3.05) is 25.5 Å². The minimum absolute atomic E-state index is 0.0296. The van der Waals surface area contributed by atoms with Gasteiger partial charge in [0.15, 0.2) is 5.82 Å². The fourth-order valence-corrected chi connectivity index (χ4v) is 2.80. The normalized spacial score (nSPS) is 10.5. The molecule has 3 rings (SSSR count). The number of ether oxygens (including phenoxy) is 1. The van der Waals surface area contributed by atoms with E-state index in [0.717, 1.165) is 22.7 Å². The highest BCUT2D eigenvalue weighted by Crippen LogP contribution is 2.12. The van der Waals surface area contributed by atoms with Crippen molar-refractivity contribution in [2.24, 2.45) is 0 Å². The molecule has 0 unspecified atom stereocenters. The quantitative estimate of drug-likeness (QED) is 0.581. The van der Waals surface area contributed by atoms with Gasteiger partial charge >= 0.3 is 0 Å². The van der Waals surface area contributed by atoms with Gasteiger partial charge in [-0.3, -0.25) is 4.79 Å². The molecule has 0 aliphatic heterocycles. The third-order valence-corrected chi connectivity index (χ3v) is 4.16. The van der Waals surface area contributed by atoms with Gasteiger partial charge in [-0.05, 0) is 37.6 Å². The molecule has 0 spiro atoms. The topological polar surface area (TPSA) is 94.0 Å². The van der Waals surface area contributed by atoms with Crippen LogP contribution in [0.3, 0.4) is 0 Å². The molecular weight excluding hydrogens is 356 g/mol. The van der Waals surface area contributed by atoms with Crippen LogP contribution in [0.25, 0.3) is 5.82 Å². The molecule has 1 aromatic carbocycles. The van der Waals surface area contributed by atoms with Gasteiger partial charge in [0.05, 0.1) is 19.2 Å². The Bertz CT molecular complexity index is 936. The van der Waals surface area contributed by atoms with Crippen LogP contribution in [0, 0.1) is 13.8 Å². The largest absolute Gasteiger partial charge is 0.497 e. The Balaban J connectivity index is 1.46. The molecule has 0 bridgehead atoms. The van der Waals surface area contributed by atoms with E-state index in [2.05, 4.69) is 25.7 Å². The Labute approximate surface area is 164 Å². The van der Waals surface area contributed by atoms with E-state index in [-0.39, 0.29) is 5.91 Å². The van der Waals surface area contributed by atoms with E-state index in [1.807, 2.05) is 50.2 Å². The van der Waals surface area contributed by atoms with E-state index in [4.69, 9.17) is 4.74 Å². The minimum Gasteiger partial charge on any atom is -0.497 e. The van der Waals surface area contributed by atoms with Crippen LogP contribution < -0.4 is 15.4 Å². The second-order valence-corrected chi connectivity index (χ2v) is 6.40. The lowest BCUT2D eigenvalue weighted by Gasteiger charge is -2.09. The third kappa shape index (κ3) is 5.06. The Hall–Kier alpha value is -3.42. The summed E-state index contributed by atoms with van der Waals surface area (Å²) in [6.07, 6.45) is 1.83. The van der Waals surface area contributed by atoms with E-state index in [1.54, 1.807) is 11.8 Å². The average molecular weight is 380 g/mol. The smallest absolute Gasteiger partial charge is 0.224 e. The fraction of sp³-hybridized carbons (Fsp3) is 0.300. The highest BCUT2D eigenvalue weighted by molar-refractivity contribution is 5.78. The summed E-state index contributed by atoms with van der Waals surface area (Å²) < 4.78 is 6.89. The minimum atomic E-state index is -0.0296. The molecule has 8 nitrogen and oxygen atoms in total. The molecule has 2 aromatic heterocycles. The fourth-order valence-electron chi connectivity index (χ4n) is 2.80. The monoisotopic (exact) mass is 380 g/mol. The molecule has 3 aromatic rings. The number of rotatable bonds is 8. The Morgan fingerprint density at radius 3 is 2.57 bits per heavy atom. The summed E-state index contributed by atoms with van der Waals surface area (Å²) in [6.45, 7) is 4.97. The Morgan fingerprint density at radius 1 is 1.11 bits per heavy atom. The number of carbonyl (C=O) groups is 1. The third-order valence-electron chi connectivity index (χ3n) is 4.16. The maximum absolute atomic E-state index is 12.0. The summed E-state index contributed by atoms with van der Waals surface area (Å²) in [4.78, 5) is 20.5. The zero-order valence-electron chi connectivity index (χ0n) is 16.3. The van der Waals surface area contributed by atoms with Crippen LogP contribution in [0.15, 0.2) is 42.7 Å². The maximum Gasteiger partial charge on any atom is 0.224 e. The van der Waals surface area contributed by atoms with Crippen LogP contribution in [-0.4, -0.2) is 45.9 Å². The van der Waals surface area contributed by atoms with Crippen LogP contribution >= 0.6 is 0 Å². The van der Waals surface area contributed by atoms with Gasteiger partial charge in [-0.1, -0.05) is 12.1 Å². The first-order chi connectivity index (χ1) is 13.5. The number of anilines is 1. The SMILES string of the molecule is COc1ccc(CC(=O)NCCNc2cc(-n3nc(C)cc3C)ncn2)cc1. The molecule has 0 atom stereocenters. The van der Waals surface area contributed by atoms with Crippen molar-refractivity contribution in [2.45, 2.75) is 20.3 Å². The summed E-state index contributed by atoms with van der Waals surface area (Å²) in [6, 6.07) is 11.3. The standard InChI is InChI=1S/C20H24N6O2/c1-14-10-15(2)26(25-14)19-12-18(23-13-24-19)21-8-9-22-20(27)11-16-4-6-17(28-3)7-5-16/h4-7,10,12-13H,8-9,11H2,1-3H3,(H,22,27)(H,21,23,24). The lowest BCUT2D eigenvalue weighted by Crippen LogP contribution is -2.30. The molecule has 0 saturated carbocycles. The second-order valence-electron chi connectivity index (χ2n) is 6.40. The number of nitrogens with one attached hydrogen (secondary N) is 2. The molecule has 8 heteroatoms. The molecule has 0 radical (unpaired) electrons. The van der Waals surface area contributed by atoms with Gasteiger partial charge in [0.25, 0.3) is 0 Å². The number of aryl methyl sites for hydroxylation is 2. The van der Waals surface area contributed by atoms with Crippen molar-refractivity contribution in [3.05, 3.63) is 59.7 Å². The molecule has 0 aliphatic rings. The zero-order chi connectivity index (χ0) is 19.9.